The molecule has 294 valence electrons. The summed E-state index contributed by atoms with van der Waals surface area (Å²) in [6.07, 6.45) is 0. The smallest absolute Gasteiger partial charge is 0.160 e. The molecule has 0 radical (unpaired) electrons. The number of aromatic nitrogens is 4. The van der Waals surface area contributed by atoms with Crippen LogP contribution in [0.2, 0.25) is 0 Å². The van der Waals surface area contributed by atoms with Crippen LogP contribution < -0.4 is 0 Å². The lowest BCUT2D eigenvalue weighted by atomic mass is 9.88. The highest BCUT2D eigenvalue weighted by Gasteiger charge is 2.20. The summed E-state index contributed by atoms with van der Waals surface area (Å²) in [6.45, 7) is 4.26. The molecular weight excluding hydrogens is 753 g/mol. The largest absolute Gasteiger partial charge is 0.228 e. The Bertz CT molecular complexity index is 2960. The van der Waals surface area contributed by atoms with Crippen LogP contribution in [0.5, 0.6) is 0 Å². The first kappa shape index (κ1) is 38.1. The molecule has 0 fully saturated rings. The summed E-state index contributed by atoms with van der Waals surface area (Å²) in [7, 11) is 0. The quantitative estimate of drug-likeness (QED) is 0.146. The van der Waals surface area contributed by atoms with Crippen LogP contribution >= 0.6 is 0 Å². The fraction of sp³-hybridized carbons (Fsp3) is 0.0345. The molecule has 10 rings (SSSR count). The average molecular weight is 795 g/mol. The van der Waals surface area contributed by atoms with Gasteiger partial charge in [0.1, 0.15) is 0 Å². The van der Waals surface area contributed by atoms with Crippen molar-refractivity contribution in [2.24, 2.45) is 0 Å². The van der Waals surface area contributed by atoms with Gasteiger partial charge in [0.25, 0.3) is 0 Å². The van der Waals surface area contributed by atoms with Gasteiger partial charge in [-0.15, -0.1) is 0 Å². The Morgan fingerprint density at radius 1 is 0.226 bits per heavy atom. The summed E-state index contributed by atoms with van der Waals surface area (Å²) >= 11 is 0. The summed E-state index contributed by atoms with van der Waals surface area (Å²) < 4.78 is 0. The van der Waals surface area contributed by atoms with Crippen molar-refractivity contribution >= 4 is 0 Å². The van der Waals surface area contributed by atoms with Crippen molar-refractivity contribution in [2.75, 3.05) is 0 Å². The van der Waals surface area contributed by atoms with Gasteiger partial charge in [-0.05, 0) is 59.4 Å². The maximum atomic E-state index is 5.23. The molecule has 0 N–H and O–H groups in total. The summed E-state index contributed by atoms with van der Waals surface area (Å²) in [5, 5.41) is 0. The summed E-state index contributed by atoms with van der Waals surface area (Å²) in [6, 6.07) is 76.2. The van der Waals surface area contributed by atoms with E-state index in [1.54, 1.807) is 0 Å². The molecule has 0 amide bonds. The molecule has 0 saturated heterocycles. The third-order valence-corrected chi connectivity index (χ3v) is 11.5. The molecule has 0 atom stereocenters. The molecule has 0 unspecified atom stereocenters. The zero-order valence-electron chi connectivity index (χ0n) is 34.6. The van der Waals surface area contributed by atoms with E-state index in [-0.39, 0.29) is 0 Å². The number of hydrogen-bond acceptors (Lipinski definition) is 4. The van der Waals surface area contributed by atoms with Gasteiger partial charge in [0.05, 0.1) is 22.8 Å². The lowest BCUT2D eigenvalue weighted by Gasteiger charge is -2.17. The summed E-state index contributed by atoms with van der Waals surface area (Å²) in [5.41, 5.74) is 18.8. The van der Waals surface area contributed by atoms with Gasteiger partial charge in [0.2, 0.25) is 0 Å². The second-order valence-corrected chi connectivity index (χ2v) is 15.5. The molecular formula is C58H42N4. The highest BCUT2D eigenvalue weighted by atomic mass is 14.9. The van der Waals surface area contributed by atoms with Gasteiger partial charge in [-0.2, -0.15) is 0 Å². The highest BCUT2D eigenvalue weighted by Crippen LogP contribution is 2.41. The van der Waals surface area contributed by atoms with Crippen molar-refractivity contribution in [3.05, 3.63) is 230 Å². The van der Waals surface area contributed by atoms with Gasteiger partial charge < -0.3 is 0 Å². The van der Waals surface area contributed by atoms with E-state index >= 15 is 0 Å². The van der Waals surface area contributed by atoms with Crippen LogP contribution in [-0.2, 0) is 0 Å². The molecule has 0 saturated carbocycles. The fourth-order valence-electron chi connectivity index (χ4n) is 8.39. The lowest BCUT2D eigenvalue weighted by molar-refractivity contribution is 1.15. The van der Waals surface area contributed by atoms with E-state index in [1.165, 1.54) is 0 Å². The highest BCUT2D eigenvalue weighted by molar-refractivity contribution is 5.93. The Morgan fingerprint density at radius 3 is 0.839 bits per heavy atom. The molecule has 0 aliphatic rings. The van der Waals surface area contributed by atoms with E-state index in [1.807, 2.05) is 48.5 Å². The standard InChI is InChI=1S/C58H42N4/c1-39-53(41-21-7-3-8-22-41)59-57(43-25-11-5-12-26-43)61-55(39)47-31-19-29-45(37-47)49-33-15-17-35-51(49)52-36-18-16-34-50(52)46-30-20-32-48(38-46)56-40(2)54(42-23-9-4-10-24-42)60-58(62-56)44-27-13-6-14-28-44/h3-38H,1-2H3. The van der Waals surface area contributed by atoms with Crippen LogP contribution in [-0.4, -0.2) is 19.9 Å². The van der Waals surface area contributed by atoms with Crippen molar-refractivity contribution in [1.29, 1.82) is 0 Å². The van der Waals surface area contributed by atoms with Crippen LogP contribution in [0.4, 0.5) is 0 Å². The Hall–Kier alpha value is -8.08. The van der Waals surface area contributed by atoms with Gasteiger partial charge in [0, 0.05) is 44.5 Å². The van der Waals surface area contributed by atoms with Crippen LogP contribution in [0.15, 0.2) is 218 Å². The number of rotatable bonds is 9. The maximum absolute atomic E-state index is 5.23. The molecule has 10 aromatic rings. The zero-order valence-corrected chi connectivity index (χ0v) is 34.6. The van der Waals surface area contributed by atoms with Gasteiger partial charge in [-0.25, -0.2) is 19.9 Å². The van der Waals surface area contributed by atoms with E-state index in [0.29, 0.717) is 11.6 Å². The van der Waals surface area contributed by atoms with Crippen LogP contribution in [0.3, 0.4) is 0 Å². The van der Waals surface area contributed by atoms with Crippen LogP contribution in [0.1, 0.15) is 11.1 Å². The van der Waals surface area contributed by atoms with Gasteiger partial charge >= 0.3 is 0 Å². The monoisotopic (exact) mass is 794 g/mol. The maximum Gasteiger partial charge on any atom is 0.160 e. The molecule has 2 heterocycles. The predicted molar refractivity (Wildman–Crippen MR) is 256 cm³/mol. The first-order valence-corrected chi connectivity index (χ1v) is 21.0. The lowest BCUT2D eigenvalue weighted by Crippen LogP contribution is -2.00. The van der Waals surface area contributed by atoms with Crippen molar-refractivity contribution in [3.8, 4) is 101 Å². The van der Waals surface area contributed by atoms with E-state index in [2.05, 4.69) is 184 Å². The molecule has 4 nitrogen and oxygen atoms in total. The molecule has 0 bridgehead atoms. The first-order chi connectivity index (χ1) is 30.6. The van der Waals surface area contributed by atoms with E-state index in [0.717, 1.165) is 101 Å². The van der Waals surface area contributed by atoms with Crippen molar-refractivity contribution < 1.29 is 0 Å². The topological polar surface area (TPSA) is 51.6 Å². The SMILES string of the molecule is Cc1c(-c2ccccc2)nc(-c2ccccc2)nc1-c1cccc(-c2ccccc2-c2ccccc2-c2cccc(-c3nc(-c4ccccc4)nc(-c4ccccc4)c3C)c2)c1. The minimum absolute atomic E-state index is 0.705. The number of hydrogen-bond donors (Lipinski definition) is 0. The second kappa shape index (κ2) is 16.9. The van der Waals surface area contributed by atoms with Gasteiger partial charge in [-0.1, -0.05) is 206 Å². The summed E-state index contributed by atoms with van der Waals surface area (Å²) in [5.74, 6) is 1.41. The van der Waals surface area contributed by atoms with Crippen LogP contribution in [0.25, 0.3) is 101 Å². The Morgan fingerprint density at radius 2 is 0.484 bits per heavy atom. The van der Waals surface area contributed by atoms with Crippen molar-refractivity contribution in [1.82, 2.24) is 19.9 Å². The fourth-order valence-corrected chi connectivity index (χ4v) is 8.39. The normalized spacial score (nSPS) is 11.1. The average Bonchev–Trinajstić information content (AvgIpc) is 3.35. The van der Waals surface area contributed by atoms with E-state index < -0.39 is 0 Å². The van der Waals surface area contributed by atoms with Gasteiger partial charge in [0.15, 0.2) is 11.6 Å². The number of nitrogens with zero attached hydrogens (tertiary/aromatic N) is 4. The minimum atomic E-state index is 0.705. The third kappa shape index (κ3) is 7.51. The molecule has 0 aliphatic carbocycles. The molecule has 62 heavy (non-hydrogen) atoms. The Balaban J connectivity index is 1.07. The molecule has 8 aromatic carbocycles. The molecule has 4 heteroatoms. The number of benzene rings is 8. The summed E-state index contributed by atoms with van der Waals surface area (Å²) in [4.78, 5) is 20.7. The van der Waals surface area contributed by atoms with E-state index in [4.69, 9.17) is 19.9 Å². The Labute approximate surface area is 363 Å². The molecule has 0 aliphatic heterocycles. The molecule has 2 aromatic heterocycles. The van der Waals surface area contributed by atoms with Gasteiger partial charge in [-0.3, -0.25) is 0 Å². The first-order valence-electron chi connectivity index (χ1n) is 21.0. The Kier molecular flexibility index (Phi) is 10.4. The van der Waals surface area contributed by atoms with Crippen molar-refractivity contribution in [2.45, 2.75) is 13.8 Å². The van der Waals surface area contributed by atoms with Crippen LogP contribution in [0, 0.1) is 13.8 Å². The van der Waals surface area contributed by atoms with Crippen molar-refractivity contribution in [3.63, 3.8) is 0 Å². The zero-order chi connectivity index (χ0) is 41.8. The third-order valence-electron chi connectivity index (χ3n) is 11.5. The second-order valence-electron chi connectivity index (χ2n) is 15.5. The minimum Gasteiger partial charge on any atom is -0.228 e. The molecule has 0 spiro atoms. The predicted octanol–water partition coefficient (Wildman–Crippen LogP) is 14.9. The van der Waals surface area contributed by atoms with E-state index in [9.17, 15) is 0 Å².